The lowest BCUT2D eigenvalue weighted by Gasteiger charge is -2.17. The van der Waals surface area contributed by atoms with Crippen LogP contribution in [0.5, 0.6) is 5.75 Å². The van der Waals surface area contributed by atoms with Gasteiger partial charge in [-0.1, -0.05) is 26.8 Å². The summed E-state index contributed by atoms with van der Waals surface area (Å²) in [7, 11) is 0. The zero-order chi connectivity index (χ0) is 14.4. The van der Waals surface area contributed by atoms with Gasteiger partial charge in [-0.3, -0.25) is 4.79 Å². The van der Waals surface area contributed by atoms with Crippen LogP contribution in [0.3, 0.4) is 0 Å². The number of carboxylic acid groups (broad SMARTS) is 1. The van der Waals surface area contributed by atoms with E-state index in [2.05, 4.69) is 13.8 Å². The highest BCUT2D eigenvalue weighted by Crippen LogP contribution is 2.29. The second-order valence-electron chi connectivity index (χ2n) is 5.43. The number of aryl methyl sites for hydroxylation is 1. The first kappa shape index (κ1) is 15.5. The number of carboxylic acids is 1. The Hall–Kier alpha value is -1.51. The van der Waals surface area contributed by atoms with Crippen molar-refractivity contribution in [1.82, 2.24) is 0 Å². The molecule has 19 heavy (non-hydrogen) atoms. The van der Waals surface area contributed by atoms with Crippen molar-refractivity contribution < 1.29 is 14.6 Å². The topological polar surface area (TPSA) is 46.5 Å². The molecule has 1 atom stereocenters. The fourth-order valence-corrected chi connectivity index (χ4v) is 2.14. The van der Waals surface area contributed by atoms with Gasteiger partial charge >= 0.3 is 5.97 Å². The molecule has 0 spiro atoms. The maximum absolute atomic E-state index is 10.9. The van der Waals surface area contributed by atoms with Crippen molar-refractivity contribution in [1.29, 1.82) is 0 Å². The summed E-state index contributed by atoms with van der Waals surface area (Å²) in [5.74, 6) is 0.693. The van der Waals surface area contributed by atoms with Gasteiger partial charge in [0.05, 0.1) is 13.0 Å². The molecular formula is C16H24O3. The lowest BCUT2D eigenvalue weighted by atomic mass is 9.90. The third kappa shape index (κ3) is 4.93. The zero-order valence-corrected chi connectivity index (χ0v) is 12.3. The van der Waals surface area contributed by atoms with Crippen LogP contribution in [0.1, 0.15) is 50.7 Å². The van der Waals surface area contributed by atoms with Gasteiger partial charge in [0.2, 0.25) is 0 Å². The lowest BCUT2D eigenvalue weighted by Crippen LogP contribution is -2.08. The van der Waals surface area contributed by atoms with Crippen LogP contribution in [-0.2, 0) is 4.79 Å². The SMILES string of the molecule is CCC(CC(=O)O)c1ccc(OCC(C)C)cc1C. The van der Waals surface area contributed by atoms with Crippen LogP contribution in [0.2, 0.25) is 0 Å². The highest BCUT2D eigenvalue weighted by Gasteiger charge is 2.16. The molecule has 1 aromatic rings. The molecule has 106 valence electrons. The zero-order valence-electron chi connectivity index (χ0n) is 12.3. The summed E-state index contributed by atoms with van der Waals surface area (Å²) >= 11 is 0. The lowest BCUT2D eigenvalue weighted by molar-refractivity contribution is -0.137. The van der Waals surface area contributed by atoms with Gasteiger partial charge in [-0.05, 0) is 48.4 Å². The van der Waals surface area contributed by atoms with Crippen molar-refractivity contribution in [2.45, 2.75) is 46.5 Å². The fraction of sp³-hybridized carbons (Fsp3) is 0.562. The van der Waals surface area contributed by atoms with Crippen molar-refractivity contribution in [2.24, 2.45) is 5.92 Å². The van der Waals surface area contributed by atoms with Crippen molar-refractivity contribution in [2.75, 3.05) is 6.61 Å². The van der Waals surface area contributed by atoms with Gasteiger partial charge in [-0.15, -0.1) is 0 Å². The number of aliphatic carboxylic acids is 1. The average molecular weight is 264 g/mol. The quantitative estimate of drug-likeness (QED) is 0.809. The number of hydrogen-bond acceptors (Lipinski definition) is 2. The first-order chi connectivity index (χ1) is 8.93. The Morgan fingerprint density at radius 2 is 2.05 bits per heavy atom. The molecule has 3 nitrogen and oxygen atoms in total. The van der Waals surface area contributed by atoms with Crippen LogP contribution in [0, 0.1) is 12.8 Å². The molecule has 1 rings (SSSR count). The summed E-state index contributed by atoms with van der Waals surface area (Å²) in [6.45, 7) is 8.96. The second-order valence-corrected chi connectivity index (χ2v) is 5.43. The van der Waals surface area contributed by atoms with Gasteiger partial charge in [0.1, 0.15) is 5.75 Å². The predicted octanol–water partition coefficient (Wildman–Crippen LogP) is 4.00. The normalized spacial score (nSPS) is 12.5. The standard InChI is InChI=1S/C16H24O3/c1-5-13(9-16(17)18)15-7-6-14(8-12(15)4)19-10-11(2)3/h6-8,11,13H,5,9-10H2,1-4H3,(H,17,18). The molecule has 0 radical (unpaired) electrons. The molecule has 0 fully saturated rings. The molecular weight excluding hydrogens is 240 g/mol. The van der Waals surface area contributed by atoms with Crippen LogP contribution in [0.4, 0.5) is 0 Å². The van der Waals surface area contributed by atoms with E-state index in [-0.39, 0.29) is 12.3 Å². The van der Waals surface area contributed by atoms with Crippen LogP contribution >= 0.6 is 0 Å². The van der Waals surface area contributed by atoms with Crippen molar-refractivity contribution in [3.05, 3.63) is 29.3 Å². The van der Waals surface area contributed by atoms with Gasteiger partial charge in [0.15, 0.2) is 0 Å². The van der Waals surface area contributed by atoms with Crippen LogP contribution in [0.15, 0.2) is 18.2 Å². The minimum Gasteiger partial charge on any atom is -0.493 e. The molecule has 0 aliphatic rings. The van der Waals surface area contributed by atoms with E-state index in [1.807, 2.05) is 32.0 Å². The van der Waals surface area contributed by atoms with Crippen molar-refractivity contribution in [3.8, 4) is 5.75 Å². The molecule has 0 saturated carbocycles. The maximum atomic E-state index is 10.9. The maximum Gasteiger partial charge on any atom is 0.303 e. The minimum absolute atomic E-state index is 0.0802. The number of hydrogen-bond donors (Lipinski definition) is 1. The van der Waals surface area contributed by atoms with Gasteiger partial charge in [0.25, 0.3) is 0 Å². The third-order valence-corrected chi connectivity index (χ3v) is 3.18. The van der Waals surface area contributed by atoms with Crippen LogP contribution in [0.25, 0.3) is 0 Å². The molecule has 0 aromatic heterocycles. The van der Waals surface area contributed by atoms with E-state index in [0.29, 0.717) is 12.5 Å². The fourth-order valence-electron chi connectivity index (χ4n) is 2.14. The summed E-state index contributed by atoms with van der Waals surface area (Å²) in [4.78, 5) is 10.9. The van der Waals surface area contributed by atoms with Gasteiger partial charge in [-0.2, -0.15) is 0 Å². The molecule has 0 bridgehead atoms. The second kappa shape index (κ2) is 7.17. The Kier molecular flexibility index (Phi) is 5.87. The molecule has 0 aliphatic carbocycles. The Morgan fingerprint density at radius 3 is 2.53 bits per heavy atom. The van der Waals surface area contributed by atoms with E-state index >= 15 is 0 Å². The minimum atomic E-state index is -0.744. The summed E-state index contributed by atoms with van der Waals surface area (Å²) in [6, 6.07) is 5.94. The molecule has 0 heterocycles. The number of carbonyl (C=O) groups is 1. The Balaban J connectivity index is 2.83. The smallest absolute Gasteiger partial charge is 0.303 e. The van der Waals surface area contributed by atoms with E-state index in [4.69, 9.17) is 9.84 Å². The van der Waals surface area contributed by atoms with Crippen LogP contribution < -0.4 is 4.74 Å². The molecule has 1 unspecified atom stereocenters. The molecule has 0 saturated heterocycles. The molecule has 1 aromatic carbocycles. The molecule has 3 heteroatoms. The summed E-state index contributed by atoms with van der Waals surface area (Å²) in [6.07, 6.45) is 1.02. The van der Waals surface area contributed by atoms with E-state index in [1.165, 1.54) is 0 Å². The van der Waals surface area contributed by atoms with E-state index < -0.39 is 5.97 Å². The third-order valence-electron chi connectivity index (χ3n) is 3.18. The van der Waals surface area contributed by atoms with E-state index in [1.54, 1.807) is 0 Å². The average Bonchev–Trinajstić information content (AvgIpc) is 2.33. The summed E-state index contributed by atoms with van der Waals surface area (Å²) in [5, 5.41) is 8.94. The van der Waals surface area contributed by atoms with Crippen LogP contribution in [-0.4, -0.2) is 17.7 Å². The highest BCUT2D eigenvalue weighted by molar-refractivity contribution is 5.68. The van der Waals surface area contributed by atoms with E-state index in [0.717, 1.165) is 23.3 Å². The molecule has 1 N–H and O–H groups in total. The summed E-state index contributed by atoms with van der Waals surface area (Å²) < 4.78 is 5.68. The predicted molar refractivity (Wildman–Crippen MR) is 76.8 cm³/mol. The largest absolute Gasteiger partial charge is 0.493 e. The molecule has 0 aliphatic heterocycles. The Morgan fingerprint density at radius 1 is 1.37 bits per heavy atom. The van der Waals surface area contributed by atoms with Crippen molar-refractivity contribution >= 4 is 5.97 Å². The summed E-state index contributed by atoms with van der Waals surface area (Å²) in [5.41, 5.74) is 2.22. The Bertz CT molecular complexity index is 424. The van der Waals surface area contributed by atoms with Gasteiger partial charge in [-0.25, -0.2) is 0 Å². The van der Waals surface area contributed by atoms with Crippen molar-refractivity contribution in [3.63, 3.8) is 0 Å². The first-order valence-electron chi connectivity index (χ1n) is 6.89. The van der Waals surface area contributed by atoms with Gasteiger partial charge in [0, 0.05) is 0 Å². The highest BCUT2D eigenvalue weighted by atomic mass is 16.5. The molecule has 0 amide bonds. The monoisotopic (exact) mass is 264 g/mol. The van der Waals surface area contributed by atoms with Gasteiger partial charge < -0.3 is 9.84 Å². The number of ether oxygens (including phenoxy) is 1. The first-order valence-corrected chi connectivity index (χ1v) is 6.89. The Labute approximate surface area is 115 Å². The number of rotatable bonds is 7. The van der Waals surface area contributed by atoms with E-state index in [9.17, 15) is 4.79 Å². The number of benzene rings is 1.